The second-order valence-electron chi connectivity index (χ2n) is 6.98. The maximum absolute atomic E-state index is 3.88. The fourth-order valence-electron chi connectivity index (χ4n) is 4.02. The van der Waals surface area contributed by atoms with E-state index in [2.05, 4.69) is 17.1 Å². The van der Waals surface area contributed by atoms with Gasteiger partial charge in [-0.05, 0) is 51.5 Å². The zero-order valence-electron chi connectivity index (χ0n) is 12.0. The van der Waals surface area contributed by atoms with Gasteiger partial charge in [-0.15, -0.1) is 0 Å². The molecule has 0 aromatic rings. The first-order valence-electron chi connectivity index (χ1n) is 8.32. The molecule has 2 aliphatic carbocycles. The van der Waals surface area contributed by atoms with E-state index in [1.54, 1.807) is 0 Å². The minimum absolute atomic E-state index is 0.781. The van der Waals surface area contributed by atoms with Crippen LogP contribution in [0.5, 0.6) is 0 Å². The van der Waals surface area contributed by atoms with Crippen LogP contribution in [0.2, 0.25) is 0 Å². The van der Waals surface area contributed by atoms with E-state index in [4.69, 9.17) is 0 Å². The Morgan fingerprint density at radius 1 is 1.00 bits per heavy atom. The van der Waals surface area contributed by atoms with Crippen molar-refractivity contribution in [2.24, 2.45) is 5.92 Å². The lowest BCUT2D eigenvalue weighted by atomic mass is 10.00. The van der Waals surface area contributed by atoms with Crippen molar-refractivity contribution >= 4 is 0 Å². The van der Waals surface area contributed by atoms with E-state index in [0.717, 1.165) is 24.0 Å². The second kappa shape index (κ2) is 5.92. The summed E-state index contributed by atoms with van der Waals surface area (Å²) in [5.74, 6) is 0.970. The first kappa shape index (κ1) is 12.9. The molecule has 1 N–H and O–H groups in total. The van der Waals surface area contributed by atoms with Crippen LogP contribution in [0.25, 0.3) is 0 Å². The quantitative estimate of drug-likeness (QED) is 0.771. The summed E-state index contributed by atoms with van der Waals surface area (Å²) in [5, 5.41) is 3.88. The molecule has 0 spiro atoms. The Kier molecular flexibility index (Phi) is 4.25. The number of rotatable bonds is 4. The molecule has 1 aliphatic heterocycles. The smallest absolute Gasteiger partial charge is 0.0210 e. The van der Waals surface area contributed by atoms with Crippen molar-refractivity contribution < 1.29 is 0 Å². The molecule has 0 aromatic carbocycles. The number of hydrogen-bond acceptors (Lipinski definition) is 2. The van der Waals surface area contributed by atoms with Gasteiger partial charge in [-0.1, -0.05) is 25.7 Å². The molecule has 2 unspecified atom stereocenters. The van der Waals surface area contributed by atoms with E-state index >= 15 is 0 Å². The van der Waals surface area contributed by atoms with Crippen LogP contribution >= 0.6 is 0 Å². The zero-order chi connectivity index (χ0) is 12.4. The van der Waals surface area contributed by atoms with Crippen molar-refractivity contribution in [2.75, 3.05) is 13.1 Å². The van der Waals surface area contributed by atoms with Gasteiger partial charge in [0.25, 0.3) is 0 Å². The molecule has 1 saturated heterocycles. The minimum atomic E-state index is 0.781. The van der Waals surface area contributed by atoms with E-state index in [9.17, 15) is 0 Å². The van der Waals surface area contributed by atoms with Gasteiger partial charge in [0.2, 0.25) is 0 Å². The van der Waals surface area contributed by atoms with Gasteiger partial charge in [-0.2, -0.15) is 0 Å². The summed E-state index contributed by atoms with van der Waals surface area (Å²) in [7, 11) is 0. The molecule has 0 radical (unpaired) electrons. The average molecular weight is 250 g/mol. The van der Waals surface area contributed by atoms with Gasteiger partial charge < -0.3 is 5.32 Å². The number of nitrogens with zero attached hydrogens (tertiary/aromatic N) is 1. The highest BCUT2D eigenvalue weighted by Gasteiger charge is 2.38. The fraction of sp³-hybridized carbons (Fsp3) is 1.00. The molecule has 2 atom stereocenters. The van der Waals surface area contributed by atoms with E-state index in [1.807, 2.05) is 0 Å². The van der Waals surface area contributed by atoms with Gasteiger partial charge in [-0.3, -0.25) is 4.90 Å². The molecule has 104 valence electrons. The first-order valence-corrected chi connectivity index (χ1v) is 8.32. The second-order valence-corrected chi connectivity index (χ2v) is 6.98. The lowest BCUT2D eigenvalue weighted by Crippen LogP contribution is -2.36. The molecule has 0 amide bonds. The van der Waals surface area contributed by atoms with Crippen LogP contribution in [0.1, 0.15) is 64.7 Å². The van der Waals surface area contributed by atoms with Gasteiger partial charge in [0.15, 0.2) is 0 Å². The molecule has 2 saturated carbocycles. The highest BCUT2D eigenvalue weighted by atomic mass is 15.3. The highest BCUT2D eigenvalue weighted by Crippen LogP contribution is 2.33. The maximum atomic E-state index is 3.88. The molecular formula is C16H30N2. The summed E-state index contributed by atoms with van der Waals surface area (Å²) in [4.78, 5) is 2.75. The van der Waals surface area contributed by atoms with Gasteiger partial charge in [0.05, 0.1) is 0 Å². The predicted octanol–water partition coefficient (Wildman–Crippen LogP) is 3.17. The van der Waals surface area contributed by atoms with Crippen LogP contribution in [0.3, 0.4) is 0 Å². The summed E-state index contributed by atoms with van der Waals surface area (Å²) in [6, 6.07) is 2.55. The SMILES string of the molecule is CC1CC(NCC2CCCCCC2)CN1C1CC1. The standard InChI is InChI=1S/C16H30N2/c1-13-10-15(12-18(13)16-8-9-16)17-11-14-6-4-2-3-5-7-14/h13-17H,2-12H2,1H3. The lowest BCUT2D eigenvalue weighted by Gasteiger charge is -2.20. The highest BCUT2D eigenvalue weighted by molar-refractivity contribution is 4.96. The third-order valence-electron chi connectivity index (χ3n) is 5.31. The van der Waals surface area contributed by atoms with Gasteiger partial charge in [0.1, 0.15) is 0 Å². The summed E-state index contributed by atoms with van der Waals surface area (Å²) in [6.07, 6.45) is 13.1. The Hall–Kier alpha value is -0.0800. The topological polar surface area (TPSA) is 15.3 Å². The summed E-state index contributed by atoms with van der Waals surface area (Å²) >= 11 is 0. The van der Waals surface area contributed by atoms with Crippen LogP contribution in [0.4, 0.5) is 0 Å². The average Bonchev–Trinajstić information content (AvgIpc) is 3.16. The Morgan fingerprint density at radius 3 is 2.39 bits per heavy atom. The fourth-order valence-corrected chi connectivity index (χ4v) is 4.02. The Morgan fingerprint density at radius 2 is 1.72 bits per heavy atom. The Labute approximate surface area is 113 Å². The molecule has 2 nitrogen and oxygen atoms in total. The first-order chi connectivity index (χ1) is 8.83. The largest absolute Gasteiger partial charge is 0.312 e. The molecule has 1 heterocycles. The van der Waals surface area contributed by atoms with Gasteiger partial charge in [0, 0.05) is 24.7 Å². The monoisotopic (exact) mass is 250 g/mol. The van der Waals surface area contributed by atoms with Crippen molar-refractivity contribution in [1.29, 1.82) is 0 Å². The van der Waals surface area contributed by atoms with Crippen LogP contribution in [-0.2, 0) is 0 Å². The molecule has 18 heavy (non-hydrogen) atoms. The molecule has 3 aliphatic rings. The summed E-state index contributed by atoms with van der Waals surface area (Å²) in [6.45, 7) is 5.03. The Balaban J connectivity index is 1.40. The van der Waals surface area contributed by atoms with Crippen LogP contribution in [0, 0.1) is 5.92 Å². The van der Waals surface area contributed by atoms with Crippen LogP contribution in [-0.4, -0.2) is 36.1 Å². The van der Waals surface area contributed by atoms with E-state index in [0.29, 0.717) is 0 Å². The van der Waals surface area contributed by atoms with Crippen LogP contribution in [0.15, 0.2) is 0 Å². The molecule has 0 aromatic heterocycles. The van der Waals surface area contributed by atoms with E-state index in [-0.39, 0.29) is 0 Å². The van der Waals surface area contributed by atoms with E-state index in [1.165, 1.54) is 70.9 Å². The molecule has 0 bridgehead atoms. The summed E-state index contributed by atoms with van der Waals surface area (Å²) < 4.78 is 0. The van der Waals surface area contributed by atoms with Gasteiger partial charge in [-0.25, -0.2) is 0 Å². The minimum Gasteiger partial charge on any atom is -0.312 e. The van der Waals surface area contributed by atoms with Crippen molar-refractivity contribution in [3.63, 3.8) is 0 Å². The number of nitrogens with one attached hydrogen (secondary N) is 1. The van der Waals surface area contributed by atoms with E-state index < -0.39 is 0 Å². The molecular weight excluding hydrogens is 220 g/mol. The zero-order valence-corrected chi connectivity index (χ0v) is 12.0. The van der Waals surface area contributed by atoms with Crippen molar-refractivity contribution in [2.45, 2.75) is 82.8 Å². The molecule has 3 fully saturated rings. The molecule has 3 rings (SSSR count). The van der Waals surface area contributed by atoms with Crippen molar-refractivity contribution in [3.05, 3.63) is 0 Å². The maximum Gasteiger partial charge on any atom is 0.0210 e. The third kappa shape index (κ3) is 3.27. The molecule has 2 heteroatoms. The number of hydrogen-bond donors (Lipinski definition) is 1. The predicted molar refractivity (Wildman–Crippen MR) is 76.8 cm³/mol. The van der Waals surface area contributed by atoms with Crippen LogP contribution < -0.4 is 5.32 Å². The normalized spacial score (nSPS) is 35.8. The lowest BCUT2D eigenvalue weighted by molar-refractivity contribution is 0.254. The third-order valence-corrected chi connectivity index (χ3v) is 5.31. The number of likely N-dealkylation sites (tertiary alicyclic amines) is 1. The Bertz CT molecular complexity index is 254. The van der Waals surface area contributed by atoms with Crippen molar-refractivity contribution in [3.8, 4) is 0 Å². The van der Waals surface area contributed by atoms with Crippen molar-refractivity contribution in [1.82, 2.24) is 10.2 Å². The summed E-state index contributed by atoms with van der Waals surface area (Å²) in [5.41, 5.74) is 0. The van der Waals surface area contributed by atoms with Gasteiger partial charge >= 0.3 is 0 Å².